The molecule has 0 amide bonds. The zero-order chi connectivity index (χ0) is 13.1. The fourth-order valence-electron chi connectivity index (χ4n) is 2.76. The molecule has 3 rings (SSSR count). The molecule has 106 valence electrons. The zero-order valence-corrected chi connectivity index (χ0v) is 11.5. The van der Waals surface area contributed by atoms with Gasteiger partial charge in [0.2, 0.25) is 11.7 Å². The van der Waals surface area contributed by atoms with Gasteiger partial charge in [-0.1, -0.05) is 12.1 Å². The fourth-order valence-corrected chi connectivity index (χ4v) is 2.76. The maximum Gasteiger partial charge on any atom is 0.229 e. The summed E-state index contributed by atoms with van der Waals surface area (Å²) >= 11 is 0. The quantitative estimate of drug-likeness (QED) is 0.878. The number of hydrogen-bond acceptors (Lipinski definition) is 6. The van der Waals surface area contributed by atoms with Crippen molar-refractivity contribution in [3.8, 4) is 0 Å². The average Bonchev–Trinajstić information content (AvgIpc) is 2.98. The van der Waals surface area contributed by atoms with Crippen LogP contribution in [0.5, 0.6) is 0 Å². The molecular weight excluding hydrogens is 244 g/mol. The summed E-state index contributed by atoms with van der Waals surface area (Å²) < 4.78 is 11.2. The minimum atomic E-state index is -0.0343. The zero-order valence-electron chi connectivity index (χ0n) is 11.5. The van der Waals surface area contributed by atoms with Crippen LogP contribution in [0.4, 0.5) is 0 Å². The standard InChI is InChI=1S/C13H22N4O2/c1-2-17-7-8-18-11(9-17)12-15-13(19-16-12)10-3-5-14-6-4-10/h10-11,14H,2-9H2,1H3. The Morgan fingerprint density at radius 3 is 3.00 bits per heavy atom. The Morgan fingerprint density at radius 2 is 2.21 bits per heavy atom. The Hall–Kier alpha value is -0.980. The van der Waals surface area contributed by atoms with E-state index in [4.69, 9.17) is 9.26 Å². The van der Waals surface area contributed by atoms with Crippen molar-refractivity contribution in [2.24, 2.45) is 0 Å². The van der Waals surface area contributed by atoms with Crippen LogP contribution < -0.4 is 5.32 Å². The van der Waals surface area contributed by atoms with E-state index in [-0.39, 0.29) is 6.10 Å². The summed E-state index contributed by atoms with van der Waals surface area (Å²) in [4.78, 5) is 6.92. The van der Waals surface area contributed by atoms with Crippen LogP contribution in [0.15, 0.2) is 4.52 Å². The summed E-state index contributed by atoms with van der Waals surface area (Å²) in [6.07, 6.45) is 2.12. The van der Waals surface area contributed by atoms with Gasteiger partial charge in [-0.3, -0.25) is 4.90 Å². The molecule has 0 aromatic carbocycles. The minimum Gasteiger partial charge on any atom is -0.367 e. The first kappa shape index (κ1) is 13.0. The number of aromatic nitrogens is 2. The van der Waals surface area contributed by atoms with Gasteiger partial charge in [0.15, 0.2) is 0 Å². The Bertz CT molecular complexity index is 403. The van der Waals surface area contributed by atoms with Gasteiger partial charge in [0.25, 0.3) is 0 Å². The highest BCUT2D eigenvalue weighted by atomic mass is 16.5. The number of likely N-dealkylation sites (N-methyl/N-ethyl adjacent to an activating group) is 1. The number of ether oxygens (including phenoxy) is 1. The smallest absolute Gasteiger partial charge is 0.229 e. The van der Waals surface area contributed by atoms with Gasteiger partial charge < -0.3 is 14.6 Å². The first-order chi connectivity index (χ1) is 9.36. The van der Waals surface area contributed by atoms with Crippen molar-refractivity contribution in [2.45, 2.75) is 31.8 Å². The van der Waals surface area contributed by atoms with E-state index >= 15 is 0 Å². The number of nitrogens with zero attached hydrogens (tertiary/aromatic N) is 3. The van der Waals surface area contributed by atoms with Gasteiger partial charge >= 0.3 is 0 Å². The SMILES string of the molecule is CCN1CCOC(c2noc(C3CCNCC3)n2)C1. The summed E-state index contributed by atoms with van der Waals surface area (Å²) in [6.45, 7) is 7.87. The van der Waals surface area contributed by atoms with Gasteiger partial charge in [0.1, 0.15) is 6.10 Å². The van der Waals surface area contributed by atoms with Crippen molar-refractivity contribution < 1.29 is 9.26 Å². The van der Waals surface area contributed by atoms with Gasteiger partial charge in [-0.05, 0) is 32.5 Å². The third-order valence-electron chi connectivity index (χ3n) is 4.03. The van der Waals surface area contributed by atoms with Gasteiger partial charge in [0, 0.05) is 19.0 Å². The first-order valence-corrected chi connectivity index (χ1v) is 7.25. The molecule has 19 heavy (non-hydrogen) atoms. The molecule has 0 aliphatic carbocycles. The maximum atomic E-state index is 5.76. The van der Waals surface area contributed by atoms with Crippen molar-refractivity contribution in [2.75, 3.05) is 39.3 Å². The molecule has 1 aromatic rings. The molecule has 6 nitrogen and oxygen atoms in total. The molecule has 1 N–H and O–H groups in total. The van der Waals surface area contributed by atoms with Crippen LogP contribution in [0.2, 0.25) is 0 Å². The van der Waals surface area contributed by atoms with E-state index in [2.05, 4.69) is 27.3 Å². The van der Waals surface area contributed by atoms with Crippen molar-refractivity contribution >= 4 is 0 Å². The molecule has 0 bridgehead atoms. The van der Waals surface area contributed by atoms with E-state index in [0.717, 1.165) is 58.1 Å². The van der Waals surface area contributed by atoms with Crippen LogP contribution >= 0.6 is 0 Å². The summed E-state index contributed by atoms with van der Waals surface area (Å²) in [6, 6.07) is 0. The number of piperidine rings is 1. The molecule has 1 atom stereocenters. The normalized spacial score (nSPS) is 26.7. The molecule has 2 aliphatic rings. The van der Waals surface area contributed by atoms with E-state index in [1.54, 1.807) is 0 Å². The Morgan fingerprint density at radius 1 is 1.37 bits per heavy atom. The van der Waals surface area contributed by atoms with E-state index < -0.39 is 0 Å². The number of hydrogen-bond donors (Lipinski definition) is 1. The van der Waals surface area contributed by atoms with Crippen molar-refractivity contribution in [1.82, 2.24) is 20.4 Å². The second-order valence-electron chi connectivity index (χ2n) is 5.27. The van der Waals surface area contributed by atoms with Crippen molar-refractivity contribution in [3.05, 3.63) is 11.7 Å². The molecule has 0 saturated carbocycles. The molecule has 0 spiro atoms. The molecule has 2 saturated heterocycles. The molecule has 1 unspecified atom stereocenters. The van der Waals surface area contributed by atoms with Crippen LogP contribution in [0.1, 0.15) is 43.5 Å². The van der Waals surface area contributed by atoms with E-state index in [9.17, 15) is 0 Å². The minimum absolute atomic E-state index is 0.0343. The Balaban J connectivity index is 1.66. The highest BCUT2D eigenvalue weighted by Crippen LogP contribution is 2.26. The fraction of sp³-hybridized carbons (Fsp3) is 0.846. The molecule has 2 fully saturated rings. The Kier molecular flexibility index (Phi) is 4.10. The van der Waals surface area contributed by atoms with Crippen LogP contribution in [0, 0.1) is 0 Å². The number of morpholine rings is 1. The van der Waals surface area contributed by atoms with Gasteiger partial charge in [-0.15, -0.1) is 0 Å². The lowest BCUT2D eigenvalue weighted by molar-refractivity contribution is -0.0334. The predicted octanol–water partition coefficient (Wildman–Crippen LogP) is 0.930. The third-order valence-corrected chi connectivity index (χ3v) is 4.03. The van der Waals surface area contributed by atoms with Crippen LogP contribution in [-0.2, 0) is 4.74 Å². The Labute approximate surface area is 113 Å². The summed E-state index contributed by atoms with van der Waals surface area (Å²) in [5.41, 5.74) is 0. The largest absolute Gasteiger partial charge is 0.367 e. The third kappa shape index (κ3) is 2.96. The van der Waals surface area contributed by atoms with Crippen LogP contribution in [0.3, 0.4) is 0 Å². The van der Waals surface area contributed by atoms with Gasteiger partial charge in [0.05, 0.1) is 6.61 Å². The van der Waals surface area contributed by atoms with E-state index in [1.807, 2.05) is 0 Å². The first-order valence-electron chi connectivity index (χ1n) is 7.25. The average molecular weight is 266 g/mol. The second-order valence-corrected chi connectivity index (χ2v) is 5.27. The van der Waals surface area contributed by atoms with E-state index in [1.165, 1.54) is 0 Å². The van der Waals surface area contributed by atoms with Crippen molar-refractivity contribution in [3.63, 3.8) is 0 Å². The molecule has 1 aromatic heterocycles. The monoisotopic (exact) mass is 266 g/mol. The topological polar surface area (TPSA) is 63.4 Å². The second kappa shape index (κ2) is 5.98. The lowest BCUT2D eigenvalue weighted by Crippen LogP contribution is -2.38. The molecular formula is C13H22N4O2. The van der Waals surface area contributed by atoms with Crippen LogP contribution in [0.25, 0.3) is 0 Å². The molecule has 6 heteroatoms. The summed E-state index contributed by atoms with van der Waals surface area (Å²) in [5.74, 6) is 1.91. The summed E-state index contributed by atoms with van der Waals surface area (Å²) in [7, 11) is 0. The molecule has 0 radical (unpaired) electrons. The van der Waals surface area contributed by atoms with Crippen molar-refractivity contribution in [1.29, 1.82) is 0 Å². The maximum absolute atomic E-state index is 5.76. The van der Waals surface area contributed by atoms with Crippen LogP contribution in [-0.4, -0.2) is 54.4 Å². The predicted molar refractivity (Wildman–Crippen MR) is 69.9 cm³/mol. The van der Waals surface area contributed by atoms with Gasteiger partial charge in [-0.25, -0.2) is 0 Å². The van der Waals surface area contributed by atoms with E-state index in [0.29, 0.717) is 11.7 Å². The highest BCUT2D eigenvalue weighted by Gasteiger charge is 2.27. The number of nitrogens with one attached hydrogen (secondary N) is 1. The lowest BCUT2D eigenvalue weighted by atomic mass is 9.98. The molecule has 2 aliphatic heterocycles. The van der Waals surface area contributed by atoms with Gasteiger partial charge in [-0.2, -0.15) is 4.98 Å². The number of rotatable bonds is 3. The highest BCUT2D eigenvalue weighted by molar-refractivity contribution is 4.99. The summed E-state index contributed by atoms with van der Waals surface area (Å²) in [5, 5.41) is 7.47. The lowest BCUT2D eigenvalue weighted by Gasteiger charge is -2.30. The molecule has 3 heterocycles.